The van der Waals surface area contributed by atoms with Crippen molar-refractivity contribution in [1.82, 2.24) is 10.2 Å². The van der Waals surface area contributed by atoms with Crippen molar-refractivity contribution in [2.75, 3.05) is 31.7 Å². The lowest BCUT2D eigenvalue weighted by atomic mass is 10.1. The van der Waals surface area contributed by atoms with E-state index < -0.39 is 0 Å². The van der Waals surface area contributed by atoms with E-state index in [1.807, 2.05) is 61.5 Å². The number of anilines is 1. The average Bonchev–Trinajstić information content (AvgIpc) is 3.41. The Morgan fingerprint density at radius 1 is 0.921 bits per heavy atom. The maximum absolute atomic E-state index is 12.4. The van der Waals surface area contributed by atoms with Crippen LogP contribution in [0.4, 0.5) is 5.13 Å². The number of allylic oxidation sites excluding steroid dienone is 1. The lowest BCUT2D eigenvalue weighted by Gasteiger charge is -2.10. The summed E-state index contributed by atoms with van der Waals surface area (Å²) in [7, 11) is 0. The first kappa shape index (κ1) is 26.5. The van der Waals surface area contributed by atoms with Crippen molar-refractivity contribution in [3.8, 4) is 17.6 Å². The Bertz CT molecular complexity index is 1410. The van der Waals surface area contributed by atoms with Crippen molar-refractivity contribution < 1.29 is 19.0 Å². The van der Waals surface area contributed by atoms with E-state index in [0.717, 1.165) is 22.6 Å². The molecule has 9 heteroatoms. The van der Waals surface area contributed by atoms with Crippen LogP contribution in [0, 0.1) is 18.3 Å². The topological polar surface area (TPSA) is 106 Å². The van der Waals surface area contributed by atoms with E-state index in [0.29, 0.717) is 53.5 Å². The molecule has 8 nitrogen and oxygen atoms in total. The summed E-state index contributed by atoms with van der Waals surface area (Å²) in [5.41, 5.74) is 2.72. The summed E-state index contributed by atoms with van der Waals surface area (Å²) in [6, 6.07) is 26.2. The van der Waals surface area contributed by atoms with E-state index in [-0.39, 0.29) is 5.91 Å². The minimum absolute atomic E-state index is 0.293. The molecule has 0 aliphatic carbocycles. The molecule has 0 saturated heterocycles. The van der Waals surface area contributed by atoms with E-state index in [1.165, 1.54) is 5.56 Å². The highest BCUT2D eigenvalue weighted by Crippen LogP contribution is 2.28. The number of hydrogen-bond donors (Lipinski definition) is 1. The van der Waals surface area contributed by atoms with Gasteiger partial charge in [-0.05, 0) is 43.3 Å². The molecule has 0 atom stereocenters. The molecule has 0 bridgehead atoms. The standard InChI is InChI=1S/C29H26N4O4S/c1-21-11-13-25(14-12-21)36-17-15-35-16-18-37-26-10-6-5-9-23(26)19-24(20-30)28-32-33-29(38-28)31-27(34)22-7-3-2-4-8-22/h2-14,19H,15-18H2,1H3,(H,31,33,34). The number of nitriles is 1. The number of ether oxygens (including phenoxy) is 3. The number of aryl methyl sites for hydroxylation is 1. The van der Waals surface area contributed by atoms with Gasteiger partial charge in [0.05, 0.1) is 18.8 Å². The molecule has 0 aliphatic heterocycles. The third-order valence-electron chi connectivity index (χ3n) is 5.25. The van der Waals surface area contributed by atoms with E-state index in [1.54, 1.807) is 30.3 Å². The quantitative estimate of drug-likeness (QED) is 0.188. The molecule has 1 aromatic heterocycles. The maximum atomic E-state index is 12.4. The Morgan fingerprint density at radius 3 is 2.39 bits per heavy atom. The number of benzene rings is 3. The fraction of sp³-hybridized carbons (Fsp3) is 0.172. The van der Waals surface area contributed by atoms with Gasteiger partial charge in [0.25, 0.3) is 5.91 Å². The van der Waals surface area contributed by atoms with Gasteiger partial charge in [0.1, 0.15) is 30.8 Å². The Hall–Kier alpha value is -4.52. The van der Waals surface area contributed by atoms with Crippen molar-refractivity contribution in [2.45, 2.75) is 6.92 Å². The number of carbonyl (C=O) groups excluding carboxylic acids is 1. The van der Waals surface area contributed by atoms with E-state index in [2.05, 4.69) is 21.6 Å². The fourth-order valence-electron chi connectivity index (χ4n) is 3.34. The average molecular weight is 527 g/mol. The summed E-state index contributed by atoms with van der Waals surface area (Å²) in [6.45, 7) is 3.65. The van der Waals surface area contributed by atoms with Crippen molar-refractivity contribution in [1.29, 1.82) is 5.26 Å². The van der Waals surface area contributed by atoms with Crippen LogP contribution in [0.3, 0.4) is 0 Å². The second-order valence-corrected chi connectivity index (χ2v) is 9.04. The number of amides is 1. The molecular formula is C29H26N4O4S. The summed E-state index contributed by atoms with van der Waals surface area (Å²) in [6.07, 6.45) is 1.69. The van der Waals surface area contributed by atoms with Crippen LogP contribution >= 0.6 is 11.3 Å². The molecule has 1 N–H and O–H groups in total. The van der Waals surface area contributed by atoms with Gasteiger partial charge >= 0.3 is 0 Å². The zero-order valence-electron chi connectivity index (χ0n) is 20.8. The van der Waals surface area contributed by atoms with Crippen LogP contribution in [0.1, 0.15) is 26.5 Å². The lowest BCUT2D eigenvalue weighted by Crippen LogP contribution is -2.12. The summed E-state index contributed by atoms with van der Waals surface area (Å²) in [5.74, 6) is 1.13. The van der Waals surface area contributed by atoms with Crippen LogP contribution in [-0.2, 0) is 4.74 Å². The molecule has 0 spiro atoms. The highest BCUT2D eigenvalue weighted by molar-refractivity contribution is 7.16. The zero-order valence-corrected chi connectivity index (χ0v) is 21.6. The summed E-state index contributed by atoms with van der Waals surface area (Å²) in [4.78, 5) is 12.4. The highest BCUT2D eigenvalue weighted by Gasteiger charge is 2.13. The second-order valence-electron chi connectivity index (χ2n) is 8.06. The molecule has 1 amide bonds. The van der Waals surface area contributed by atoms with Gasteiger partial charge in [0.15, 0.2) is 5.01 Å². The minimum Gasteiger partial charge on any atom is -0.491 e. The minimum atomic E-state index is -0.293. The third kappa shape index (κ3) is 7.74. The smallest absolute Gasteiger partial charge is 0.257 e. The Morgan fingerprint density at radius 2 is 1.63 bits per heavy atom. The predicted molar refractivity (Wildman–Crippen MR) is 147 cm³/mol. The van der Waals surface area contributed by atoms with Crippen molar-refractivity contribution in [2.24, 2.45) is 0 Å². The first-order valence-electron chi connectivity index (χ1n) is 11.9. The van der Waals surface area contributed by atoms with E-state index in [9.17, 15) is 10.1 Å². The van der Waals surface area contributed by atoms with Gasteiger partial charge in [0.2, 0.25) is 5.13 Å². The number of hydrogen-bond acceptors (Lipinski definition) is 8. The number of carbonyl (C=O) groups is 1. The number of nitrogens with one attached hydrogen (secondary N) is 1. The first-order valence-corrected chi connectivity index (χ1v) is 12.7. The summed E-state index contributed by atoms with van der Waals surface area (Å²) in [5, 5.41) is 21.3. The van der Waals surface area contributed by atoms with Gasteiger partial charge in [-0.2, -0.15) is 5.26 Å². The SMILES string of the molecule is Cc1ccc(OCCOCCOc2ccccc2C=C(C#N)c2nnc(NC(=O)c3ccccc3)s2)cc1. The van der Waals surface area contributed by atoms with Crippen LogP contribution in [0.2, 0.25) is 0 Å². The van der Waals surface area contributed by atoms with Gasteiger partial charge in [-0.1, -0.05) is 65.4 Å². The Kier molecular flexibility index (Phi) is 9.56. The molecular weight excluding hydrogens is 500 g/mol. The summed E-state index contributed by atoms with van der Waals surface area (Å²) < 4.78 is 17.2. The van der Waals surface area contributed by atoms with E-state index in [4.69, 9.17) is 14.2 Å². The Labute approximate surface area is 225 Å². The number of rotatable bonds is 12. The molecule has 38 heavy (non-hydrogen) atoms. The van der Waals surface area contributed by atoms with Crippen LogP contribution in [0.25, 0.3) is 11.6 Å². The molecule has 0 fully saturated rings. The van der Waals surface area contributed by atoms with Crippen LogP contribution in [-0.4, -0.2) is 42.5 Å². The number of nitrogens with zero attached hydrogens (tertiary/aromatic N) is 3. The van der Waals surface area contributed by atoms with Gasteiger partial charge in [-0.15, -0.1) is 10.2 Å². The molecule has 1 heterocycles. The highest BCUT2D eigenvalue weighted by atomic mass is 32.1. The molecule has 4 aromatic rings. The Balaban J connectivity index is 1.29. The molecule has 0 unspecified atom stereocenters. The predicted octanol–water partition coefficient (Wildman–Crippen LogP) is 5.64. The van der Waals surface area contributed by atoms with Crippen LogP contribution in [0.5, 0.6) is 11.5 Å². The zero-order chi connectivity index (χ0) is 26.6. The van der Waals surface area contributed by atoms with Crippen molar-refractivity contribution in [3.05, 3.63) is 101 Å². The molecule has 0 radical (unpaired) electrons. The molecule has 3 aromatic carbocycles. The van der Waals surface area contributed by atoms with Crippen LogP contribution in [0.15, 0.2) is 78.9 Å². The van der Waals surface area contributed by atoms with Gasteiger partial charge in [-0.25, -0.2) is 0 Å². The molecule has 192 valence electrons. The molecule has 4 rings (SSSR count). The molecule has 0 aliphatic rings. The van der Waals surface area contributed by atoms with E-state index >= 15 is 0 Å². The van der Waals surface area contributed by atoms with Gasteiger partial charge < -0.3 is 14.2 Å². The van der Waals surface area contributed by atoms with Gasteiger partial charge in [-0.3, -0.25) is 10.1 Å². The number of aromatic nitrogens is 2. The fourth-order valence-corrected chi connectivity index (χ4v) is 4.04. The van der Waals surface area contributed by atoms with Crippen molar-refractivity contribution in [3.63, 3.8) is 0 Å². The normalized spacial score (nSPS) is 11.0. The van der Waals surface area contributed by atoms with Gasteiger partial charge in [0, 0.05) is 11.1 Å². The second kappa shape index (κ2) is 13.7. The summed E-state index contributed by atoms with van der Waals surface area (Å²) >= 11 is 1.12. The van der Waals surface area contributed by atoms with Crippen LogP contribution < -0.4 is 14.8 Å². The first-order chi connectivity index (χ1) is 18.6. The monoisotopic (exact) mass is 526 g/mol. The van der Waals surface area contributed by atoms with Crippen molar-refractivity contribution >= 4 is 34.0 Å². The maximum Gasteiger partial charge on any atom is 0.257 e. The lowest BCUT2D eigenvalue weighted by molar-refractivity contribution is 0.0764. The largest absolute Gasteiger partial charge is 0.491 e. The third-order valence-corrected chi connectivity index (χ3v) is 6.13. The number of para-hydroxylation sites is 1. The molecule has 0 saturated carbocycles.